The van der Waals surface area contributed by atoms with E-state index in [0.29, 0.717) is 0 Å². The zero-order valence-corrected chi connectivity index (χ0v) is 62.9. The fraction of sp³-hybridized carbons (Fsp3) is 0. The van der Waals surface area contributed by atoms with E-state index in [9.17, 15) is 0 Å². The zero-order chi connectivity index (χ0) is 74.9. The van der Waals surface area contributed by atoms with Crippen molar-refractivity contribution in [2.45, 2.75) is 0 Å². The van der Waals surface area contributed by atoms with Gasteiger partial charge in [0, 0.05) is 87.7 Å². The van der Waals surface area contributed by atoms with Crippen molar-refractivity contribution >= 4 is 132 Å². The highest BCUT2D eigenvalue weighted by molar-refractivity contribution is 7.26. The molecule has 4 nitrogen and oxygen atoms in total. The van der Waals surface area contributed by atoms with Gasteiger partial charge in [0.25, 0.3) is 6.71 Å². The Balaban J connectivity index is 0.890. The van der Waals surface area contributed by atoms with Crippen LogP contribution >= 0.6 is 11.3 Å². The van der Waals surface area contributed by atoms with E-state index in [1.807, 2.05) is 11.3 Å². The lowest BCUT2D eigenvalue weighted by Gasteiger charge is -2.46. The maximum Gasteiger partial charge on any atom is 0.252 e. The molecule has 0 saturated heterocycles. The van der Waals surface area contributed by atoms with Gasteiger partial charge in [-0.15, -0.1) is 11.3 Å². The van der Waals surface area contributed by atoms with Crippen LogP contribution in [0.3, 0.4) is 0 Å². The number of para-hydroxylation sites is 6. The number of thiophene rings is 1. The van der Waals surface area contributed by atoms with E-state index in [2.05, 4.69) is 438 Å². The molecule has 0 aliphatic carbocycles. The van der Waals surface area contributed by atoms with Crippen molar-refractivity contribution in [1.29, 1.82) is 0 Å². The summed E-state index contributed by atoms with van der Waals surface area (Å²) in [4.78, 5) is 5.49. The molecule has 6 heteroatoms. The van der Waals surface area contributed by atoms with Crippen molar-refractivity contribution in [3.05, 3.63) is 419 Å². The average Bonchev–Trinajstić information content (AvgIpc) is 1.22. The summed E-state index contributed by atoms with van der Waals surface area (Å²) in [7, 11) is 0. The molecule has 0 spiro atoms. The Labute approximate surface area is 665 Å². The van der Waals surface area contributed by atoms with Crippen LogP contribution < -0.4 is 26.2 Å². The SMILES string of the molecule is c1ccc(-c2ccc(-c3cccc(-c4ccc(-c5ccccc5)cc4)c3N3c4cc5c6ccccc6n(-c6ccccc6)c5cc4B4c5cc(-n6c7ccccc7c7ccccc76)ccc5N(c5c(-c6ccc(-c7ccccc7)cc6)cccc5-c5ccc(-c6ccccc6)cc5)c5c4c3cc3c5sc4ccccc43)cc2)cc1. The first kappa shape index (κ1) is 65.3. The van der Waals surface area contributed by atoms with Crippen LogP contribution in [-0.2, 0) is 0 Å². The van der Waals surface area contributed by atoms with E-state index in [0.717, 1.165) is 106 Å². The monoisotopic (exact) mass is 1460 g/mol. The number of hydrogen-bond acceptors (Lipinski definition) is 3. The molecular formula is C108H69BN4S. The number of aromatic nitrogens is 2. The first-order valence-corrected chi connectivity index (χ1v) is 40.1. The summed E-state index contributed by atoms with van der Waals surface area (Å²) in [5.74, 6) is 0. The van der Waals surface area contributed by atoms with Crippen molar-refractivity contribution < 1.29 is 0 Å². The van der Waals surface area contributed by atoms with Gasteiger partial charge in [0.05, 0.1) is 43.8 Å². The molecular weight excluding hydrogens is 1400 g/mol. The predicted octanol–water partition coefficient (Wildman–Crippen LogP) is 27.7. The largest absolute Gasteiger partial charge is 0.310 e. The van der Waals surface area contributed by atoms with Crippen molar-refractivity contribution in [2.24, 2.45) is 0 Å². The first-order chi connectivity index (χ1) is 56.6. The molecule has 0 radical (unpaired) electrons. The van der Waals surface area contributed by atoms with Crippen LogP contribution in [0.4, 0.5) is 34.1 Å². The first-order valence-electron chi connectivity index (χ1n) is 39.3. The van der Waals surface area contributed by atoms with Crippen LogP contribution in [0, 0.1) is 0 Å². The highest BCUT2D eigenvalue weighted by atomic mass is 32.1. The minimum atomic E-state index is -0.348. The number of hydrogen-bond donors (Lipinski definition) is 0. The maximum absolute atomic E-state index is 2.75. The number of nitrogens with zero attached hydrogens (tertiary/aromatic N) is 4. The van der Waals surface area contributed by atoms with E-state index in [4.69, 9.17) is 0 Å². The van der Waals surface area contributed by atoms with Crippen LogP contribution in [0.1, 0.15) is 0 Å². The number of benzene rings is 18. The molecule has 0 saturated carbocycles. The van der Waals surface area contributed by atoms with Gasteiger partial charge >= 0.3 is 0 Å². The van der Waals surface area contributed by atoms with Gasteiger partial charge in [0.2, 0.25) is 0 Å². The Morgan fingerprint density at radius 3 is 1.01 bits per heavy atom. The molecule has 0 bridgehead atoms. The standard InChI is InChI=1S/C108H69BN4S/c1-6-26-70(27-7-1)74-48-56-78(57-49-74)84-40-24-41-85(79-58-50-75(51-59-79)71-28-8-2-9-29-71)105(84)112-101-67-92-90-38-18-22-46-98(90)110(82-34-14-5-15-35-82)100(92)69-95(101)109-94-66-83(111-96-44-20-16-36-88(96)89-37-17-21-45-97(89)111)64-65-99(94)113(107-104(109)102(112)68-93-91-39-19-23-47-103(91)114-108(93)107)106-86(80-60-52-76(53-61-80)72-30-10-3-11-31-72)42-25-43-87(106)81-62-54-77(55-63-81)73-32-12-4-13-33-73/h1-69H. The second-order valence-corrected chi connectivity index (χ2v) is 31.2. The topological polar surface area (TPSA) is 16.3 Å². The summed E-state index contributed by atoms with van der Waals surface area (Å²) in [5, 5.41) is 7.22. The summed E-state index contributed by atoms with van der Waals surface area (Å²) in [6.45, 7) is -0.348. The van der Waals surface area contributed by atoms with Crippen LogP contribution in [0.15, 0.2) is 419 Å². The lowest BCUT2D eigenvalue weighted by atomic mass is 9.33. The molecule has 18 aromatic carbocycles. The Morgan fingerprint density at radius 1 is 0.202 bits per heavy atom. The average molecular weight is 1470 g/mol. The van der Waals surface area contributed by atoms with Crippen LogP contribution in [0.25, 0.3) is 164 Å². The van der Waals surface area contributed by atoms with Gasteiger partial charge in [-0.25, -0.2) is 0 Å². The van der Waals surface area contributed by atoms with Gasteiger partial charge in [0.15, 0.2) is 0 Å². The third-order valence-corrected chi connectivity index (χ3v) is 25.1. The fourth-order valence-electron chi connectivity index (χ4n) is 18.7. The predicted molar refractivity (Wildman–Crippen MR) is 486 cm³/mol. The van der Waals surface area contributed by atoms with Gasteiger partial charge in [-0.05, 0) is 156 Å². The lowest BCUT2D eigenvalue weighted by Crippen LogP contribution is -2.61. The molecule has 23 rings (SSSR count). The Bertz CT molecular complexity index is 7100. The van der Waals surface area contributed by atoms with Gasteiger partial charge in [0.1, 0.15) is 0 Å². The van der Waals surface area contributed by atoms with E-state index in [-0.39, 0.29) is 6.71 Å². The summed E-state index contributed by atoms with van der Waals surface area (Å²) in [6.07, 6.45) is 0. The summed E-state index contributed by atoms with van der Waals surface area (Å²) < 4.78 is 7.49. The van der Waals surface area contributed by atoms with Gasteiger partial charge < -0.3 is 18.9 Å². The quantitative estimate of drug-likeness (QED) is 0.113. The lowest BCUT2D eigenvalue weighted by molar-refractivity contribution is 1.18. The highest BCUT2D eigenvalue weighted by Gasteiger charge is 2.47. The Kier molecular flexibility index (Phi) is 15.3. The summed E-state index contributed by atoms with van der Waals surface area (Å²) in [5.41, 5.74) is 35.5. The van der Waals surface area contributed by atoms with Crippen molar-refractivity contribution in [1.82, 2.24) is 9.13 Å². The number of anilines is 6. The highest BCUT2D eigenvalue weighted by Crippen LogP contribution is 2.57. The molecule has 2 aliphatic rings. The number of fused-ring (bicyclic) bond motifs is 14. The Hall–Kier alpha value is -14.6. The van der Waals surface area contributed by atoms with Gasteiger partial charge in [-0.1, -0.05) is 346 Å². The van der Waals surface area contributed by atoms with E-state index in [1.54, 1.807) is 0 Å². The number of rotatable bonds is 12. The van der Waals surface area contributed by atoms with E-state index in [1.165, 1.54) is 108 Å². The van der Waals surface area contributed by atoms with Crippen LogP contribution in [0.2, 0.25) is 0 Å². The third kappa shape index (κ3) is 10.5. The van der Waals surface area contributed by atoms with Gasteiger partial charge in [-0.2, -0.15) is 0 Å². The molecule has 0 atom stereocenters. The molecule has 5 heterocycles. The Morgan fingerprint density at radius 2 is 0.553 bits per heavy atom. The molecule has 0 amide bonds. The fourth-order valence-corrected chi connectivity index (χ4v) is 20.0. The smallest absolute Gasteiger partial charge is 0.252 e. The van der Waals surface area contributed by atoms with Crippen molar-refractivity contribution in [3.63, 3.8) is 0 Å². The summed E-state index contributed by atoms with van der Waals surface area (Å²) >= 11 is 1.92. The second kappa shape index (κ2) is 26.6. The molecule has 114 heavy (non-hydrogen) atoms. The minimum absolute atomic E-state index is 0.348. The molecule has 0 unspecified atom stereocenters. The van der Waals surface area contributed by atoms with Crippen LogP contribution in [0.5, 0.6) is 0 Å². The zero-order valence-electron chi connectivity index (χ0n) is 62.1. The normalized spacial score (nSPS) is 12.3. The molecule has 0 fully saturated rings. The summed E-state index contributed by atoms with van der Waals surface area (Å²) in [6, 6.07) is 157. The van der Waals surface area contributed by atoms with Crippen molar-refractivity contribution in [3.8, 4) is 100 Å². The van der Waals surface area contributed by atoms with Gasteiger partial charge in [-0.3, -0.25) is 0 Å². The second-order valence-electron chi connectivity index (χ2n) is 30.1. The molecule has 3 aromatic heterocycles. The molecule has 530 valence electrons. The maximum atomic E-state index is 2.75. The molecule has 2 aliphatic heterocycles. The minimum Gasteiger partial charge on any atom is -0.310 e. The van der Waals surface area contributed by atoms with Crippen LogP contribution in [-0.4, -0.2) is 15.8 Å². The van der Waals surface area contributed by atoms with E-state index >= 15 is 0 Å². The molecule has 0 N–H and O–H groups in total. The van der Waals surface area contributed by atoms with E-state index < -0.39 is 0 Å². The van der Waals surface area contributed by atoms with Crippen molar-refractivity contribution in [2.75, 3.05) is 9.80 Å². The molecule has 21 aromatic rings. The third-order valence-electron chi connectivity index (χ3n) is 23.9.